The van der Waals surface area contributed by atoms with Crippen LogP contribution in [0, 0.1) is 0 Å². The van der Waals surface area contributed by atoms with Gasteiger partial charge in [-0.05, 0) is 56.0 Å². The molecule has 0 bridgehead atoms. The number of carbonyl (C=O) groups excluding carboxylic acids is 3. The van der Waals surface area contributed by atoms with Crippen LogP contribution in [-0.2, 0) is 25.5 Å². The van der Waals surface area contributed by atoms with Crippen LogP contribution < -0.4 is 14.8 Å². The Morgan fingerprint density at radius 2 is 1.50 bits per heavy atom. The van der Waals surface area contributed by atoms with Gasteiger partial charge in [-0.3, -0.25) is 14.4 Å². The van der Waals surface area contributed by atoms with Crippen molar-refractivity contribution in [1.82, 2.24) is 5.32 Å². The van der Waals surface area contributed by atoms with Gasteiger partial charge in [-0.1, -0.05) is 38.1 Å². The Balaban J connectivity index is 2.08. The highest BCUT2D eigenvalue weighted by Gasteiger charge is 2.22. The largest absolute Gasteiger partial charge is 0.480 e. The van der Waals surface area contributed by atoms with Crippen LogP contribution in [0.5, 0.6) is 11.5 Å². The molecule has 0 aromatic heterocycles. The van der Waals surface area contributed by atoms with Crippen molar-refractivity contribution in [3.8, 4) is 11.5 Å². The number of esters is 3. The van der Waals surface area contributed by atoms with Gasteiger partial charge in [0.1, 0.15) is 12.1 Å². The first-order valence-corrected chi connectivity index (χ1v) is 12.0. The Hall–Kier alpha value is -3.72. The molecule has 2 rings (SSSR count). The van der Waals surface area contributed by atoms with Crippen molar-refractivity contribution in [2.45, 2.75) is 65.0 Å². The van der Waals surface area contributed by atoms with E-state index in [1.807, 2.05) is 13.8 Å². The summed E-state index contributed by atoms with van der Waals surface area (Å²) in [6.45, 7) is 5.45. The molecule has 0 heterocycles. The Kier molecular flexibility index (Phi) is 11.6. The van der Waals surface area contributed by atoms with Crippen LogP contribution in [0.4, 0.5) is 0 Å². The fraction of sp³-hybridized carbons (Fsp3) is 0.407. The molecule has 0 fully saturated rings. The van der Waals surface area contributed by atoms with E-state index in [0.717, 1.165) is 0 Å². The summed E-state index contributed by atoms with van der Waals surface area (Å²) in [6.07, 6.45) is 1.06. The zero-order valence-electron chi connectivity index (χ0n) is 20.8. The van der Waals surface area contributed by atoms with Crippen molar-refractivity contribution >= 4 is 23.9 Å². The average Bonchev–Trinajstić information content (AvgIpc) is 2.83. The summed E-state index contributed by atoms with van der Waals surface area (Å²) >= 11 is 0. The third kappa shape index (κ3) is 9.50. The standard InChI is InChI=1S/C27H33NO8/c1-4-9-24(29)35-22-14-13-19(16-23(22)36-25(30)10-5-2)15-21(26(31)32)28-17-18(3)34-27(33)20-11-7-6-8-12-20/h6-8,11-14,16,18,21,28H,4-5,9-10,15,17H2,1-3H3,(H,31,32)/t18?,21-/m0/s1. The first-order chi connectivity index (χ1) is 17.2. The van der Waals surface area contributed by atoms with Crippen molar-refractivity contribution in [3.05, 3.63) is 59.7 Å². The van der Waals surface area contributed by atoms with Crippen molar-refractivity contribution < 1.29 is 38.5 Å². The summed E-state index contributed by atoms with van der Waals surface area (Å²) < 4.78 is 16.1. The van der Waals surface area contributed by atoms with E-state index in [4.69, 9.17) is 14.2 Å². The second-order valence-corrected chi connectivity index (χ2v) is 8.31. The van der Waals surface area contributed by atoms with E-state index in [1.54, 1.807) is 43.3 Å². The van der Waals surface area contributed by atoms with Crippen molar-refractivity contribution in [2.24, 2.45) is 0 Å². The minimum atomic E-state index is -1.10. The Morgan fingerprint density at radius 1 is 0.889 bits per heavy atom. The maximum atomic E-state index is 12.2. The second-order valence-electron chi connectivity index (χ2n) is 8.31. The third-order valence-corrected chi connectivity index (χ3v) is 5.07. The van der Waals surface area contributed by atoms with E-state index in [0.29, 0.717) is 24.0 Å². The van der Waals surface area contributed by atoms with Crippen molar-refractivity contribution in [3.63, 3.8) is 0 Å². The van der Waals surface area contributed by atoms with Gasteiger partial charge in [0.15, 0.2) is 11.5 Å². The predicted molar refractivity (Wildman–Crippen MR) is 132 cm³/mol. The summed E-state index contributed by atoms with van der Waals surface area (Å²) in [6, 6.07) is 12.1. The molecule has 9 heteroatoms. The SMILES string of the molecule is CCCC(=O)Oc1ccc(C[C@H](NCC(C)OC(=O)c2ccccc2)C(=O)O)cc1OC(=O)CCC. The summed E-state index contributed by atoms with van der Waals surface area (Å²) in [7, 11) is 0. The molecule has 0 radical (unpaired) electrons. The molecule has 0 spiro atoms. The molecule has 0 aliphatic carbocycles. The Bertz CT molecular complexity index is 1040. The van der Waals surface area contributed by atoms with Crippen LogP contribution >= 0.6 is 0 Å². The van der Waals surface area contributed by atoms with Gasteiger partial charge < -0.3 is 24.6 Å². The Labute approximate surface area is 210 Å². The number of carboxylic acid groups (broad SMARTS) is 1. The van der Waals surface area contributed by atoms with Crippen LogP contribution in [0.25, 0.3) is 0 Å². The molecule has 0 aliphatic heterocycles. The van der Waals surface area contributed by atoms with Gasteiger partial charge in [-0.2, -0.15) is 0 Å². The van der Waals surface area contributed by atoms with Crippen LogP contribution in [0.3, 0.4) is 0 Å². The predicted octanol–water partition coefficient (Wildman–Crippen LogP) is 3.93. The Morgan fingerprint density at radius 3 is 2.08 bits per heavy atom. The maximum Gasteiger partial charge on any atom is 0.338 e. The van der Waals surface area contributed by atoms with Gasteiger partial charge in [0.25, 0.3) is 0 Å². The number of hydrogen-bond acceptors (Lipinski definition) is 8. The van der Waals surface area contributed by atoms with E-state index in [1.165, 1.54) is 12.1 Å². The monoisotopic (exact) mass is 499 g/mol. The quantitative estimate of drug-likeness (QED) is 0.293. The van der Waals surface area contributed by atoms with Gasteiger partial charge >= 0.3 is 23.9 Å². The number of benzene rings is 2. The number of ether oxygens (including phenoxy) is 3. The lowest BCUT2D eigenvalue weighted by molar-refractivity contribution is -0.139. The zero-order chi connectivity index (χ0) is 26.5. The van der Waals surface area contributed by atoms with E-state index in [9.17, 15) is 24.3 Å². The van der Waals surface area contributed by atoms with Crippen LogP contribution in [0.15, 0.2) is 48.5 Å². The number of carbonyl (C=O) groups is 4. The third-order valence-electron chi connectivity index (χ3n) is 5.07. The average molecular weight is 500 g/mol. The highest BCUT2D eigenvalue weighted by Crippen LogP contribution is 2.30. The lowest BCUT2D eigenvalue weighted by Gasteiger charge is -2.19. The molecule has 0 saturated heterocycles. The lowest BCUT2D eigenvalue weighted by atomic mass is 10.0. The molecule has 2 aromatic carbocycles. The summed E-state index contributed by atoms with van der Waals surface area (Å²) in [4.78, 5) is 48.1. The molecule has 0 aliphatic rings. The smallest absolute Gasteiger partial charge is 0.338 e. The summed E-state index contributed by atoms with van der Waals surface area (Å²) in [5, 5.41) is 12.6. The highest BCUT2D eigenvalue weighted by molar-refractivity contribution is 5.89. The molecule has 1 unspecified atom stereocenters. The minimum absolute atomic E-state index is 0.0518. The maximum absolute atomic E-state index is 12.2. The topological polar surface area (TPSA) is 128 Å². The van der Waals surface area contributed by atoms with Crippen molar-refractivity contribution in [2.75, 3.05) is 6.54 Å². The fourth-order valence-electron chi connectivity index (χ4n) is 3.26. The van der Waals surface area contributed by atoms with Gasteiger partial charge in [-0.25, -0.2) is 4.79 Å². The first-order valence-electron chi connectivity index (χ1n) is 12.0. The molecule has 194 valence electrons. The first kappa shape index (κ1) is 28.5. The zero-order valence-corrected chi connectivity index (χ0v) is 20.8. The van der Waals surface area contributed by atoms with Crippen LogP contribution in [0.2, 0.25) is 0 Å². The van der Waals surface area contributed by atoms with Crippen LogP contribution in [-0.4, -0.2) is 47.7 Å². The summed E-state index contributed by atoms with van der Waals surface area (Å²) in [5.41, 5.74) is 0.961. The van der Waals surface area contributed by atoms with Crippen LogP contribution in [0.1, 0.15) is 62.4 Å². The molecule has 36 heavy (non-hydrogen) atoms. The van der Waals surface area contributed by atoms with Gasteiger partial charge in [-0.15, -0.1) is 0 Å². The number of rotatable bonds is 14. The minimum Gasteiger partial charge on any atom is -0.480 e. The molecular weight excluding hydrogens is 466 g/mol. The van der Waals surface area contributed by atoms with Gasteiger partial charge in [0.2, 0.25) is 0 Å². The van der Waals surface area contributed by atoms with Crippen molar-refractivity contribution in [1.29, 1.82) is 0 Å². The second kappa shape index (κ2) is 14.6. The normalized spacial score (nSPS) is 12.3. The highest BCUT2D eigenvalue weighted by atomic mass is 16.6. The molecule has 2 atom stereocenters. The van der Waals surface area contributed by atoms with E-state index in [2.05, 4.69) is 5.32 Å². The van der Waals surface area contributed by atoms with E-state index in [-0.39, 0.29) is 37.3 Å². The molecule has 0 saturated carbocycles. The fourth-order valence-corrected chi connectivity index (χ4v) is 3.26. The molecule has 2 N–H and O–H groups in total. The van der Waals surface area contributed by atoms with Gasteiger partial charge in [0.05, 0.1) is 5.56 Å². The molecular formula is C27H33NO8. The molecule has 2 aromatic rings. The number of carboxylic acids is 1. The van der Waals surface area contributed by atoms with E-state index >= 15 is 0 Å². The molecule has 9 nitrogen and oxygen atoms in total. The number of hydrogen-bond donors (Lipinski definition) is 2. The summed E-state index contributed by atoms with van der Waals surface area (Å²) in [5.74, 6) is -2.37. The number of aliphatic carboxylic acids is 1. The van der Waals surface area contributed by atoms with Gasteiger partial charge in [0, 0.05) is 19.4 Å². The number of nitrogens with one attached hydrogen (secondary N) is 1. The lowest BCUT2D eigenvalue weighted by Crippen LogP contribution is -2.42. The molecule has 0 amide bonds. The van der Waals surface area contributed by atoms with E-state index < -0.39 is 36.0 Å².